The summed E-state index contributed by atoms with van der Waals surface area (Å²) in [5.41, 5.74) is 0.0195. The minimum absolute atomic E-state index is 0.00800. The van der Waals surface area contributed by atoms with Crippen molar-refractivity contribution in [3.8, 4) is 0 Å². The summed E-state index contributed by atoms with van der Waals surface area (Å²) in [7, 11) is 0. The van der Waals surface area contributed by atoms with Crippen LogP contribution in [0.2, 0.25) is 0 Å². The molecule has 5 heterocycles. The largest absolute Gasteiger partial charge is 0.481 e. The SMILES string of the molecule is C[C@H]1[C@@H](CC(=O)O[C@@H]2C[C@@H](OC(=O)c3ccc(CO)cc3)[C@@](O)(O[C@H](C)CCCCC(=O)O)O[C@H]2C)O[C@@H]2O[C@@]3(C)CC[C@H]4[C@H](C)CC[C@@H]1[C@@]24OO3. The highest BCUT2D eigenvalue weighted by molar-refractivity contribution is 5.89. The standard InChI is InChI=1S/C38H54O14/c1-21-10-15-28-23(3)29(46-35-37(28)27(21)16-17-36(5,50-35)51-52-37)19-33(42)45-30-18-31(47-34(43)26-13-11-25(20-39)12-14-26)38(44,49-24(30)4)48-22(2)8-6-7-9-32(40)41/h11-14,21-24,27-31,35,39,44H,6-10,15-20H2,1-5H3,(H,40,41)/t21-,22-,23-,24+,27+,28+,29-,30-,31-,35-,36-,37-,38-/m1/s1. The number of carbonyl (C=O) groups is 3. The average Bonchev–Trinajstić information content (AvgIpc) is 3.33. The first-order chi connectivity index (χ1) is 24.7. The molecule has 1 aromatic carbocycles. The third kappa shape index (κ3) is 7.90. The van der Waals surface area contributed by atoms with Gasteiger partial charge in [-0.1, -0.05) is 32.4 Å². The van der Waals surface area contributed by atoms with Crippen LogP contribution in [0.4, 0.5) is 0 Å². The lowest BCUT2D eigenvalue weighted by Crippen LogP contribution is -2.70. The van der Waals surface area contributed by atoms with Crippen molar-refractivity contribution in [2.24, 2.45) is 23.7 Å². The summed E-state index contributed by atoms with van der Waals surface area (Å²) in [6.45, 7) is 9.30. The number of carboxylic acid groups (broad SMARTS) is 1. The van der Waals surface area contributed by atoms with Crippen LogP contribution >= 0.6 is 0 Å². The number of carboxylic acids is 1. The Morgan fingerprint density at radius 2 is 1.73 bits per heavy atom. The Morgan fingerprint density at radius 1 is 0.981 bits per heavy atom. The van der Waals surface area contributed by atoms with E-state index in [1.54, 1.807) is 26.0 Å². The molecule has 14 heteroatoms. The number of hydrogen-bond acceptors (Lipinski definition) is 13. The normalized spacial score (nSPS) is 40.2. The van der Waals surface area contributed by atoms with E-state index < -0.39 is 72.1 Å². The molecule has 6 aliphatic rings. The summed E-state index contributed by atoms with van der Waals surface area (Å²) >= 11 is 0. The van der Waals surface area contributed by atoms with Gasteiger partial charge >= 0.3 is 23.9 Å². The van der Waals surface area contributed by atoms with Gasteiger partial charge in [0.05, 0.1) is 36.9 Å². The fourth-order valence-corrected chi connectivity index (χ4v) is 8.93. The number of fused-ring (bicyclic) bond motifs is 2. The summed E-state index contributed by atoms with van der Waals surface area (Å²) in [4.78, 5) is 50.0. The molecule has 2 bridgehead atoms. The zero-order valence-corrected chi connectivity index (χ0v) is 30.7. The summed E-state index contributed by atoms with van der Waals surface area (Å²) in [5.74, 6) is -4.98. The molecule has 5 saturated heterocycles. The zero-order valence-electron chi connectivity index (χ0n) is 30.7. The highest BCUT2D eigenvalue weighted by Gasteiger charge is 2.69. The van der Waals surface area contributed by atoms with Crippen molar-refractivity contribution in [1.82, 2.24) is 0 Å². The highest BCUT2D eigenvalue weighted by atomic mass is 17.3. The predicted octanol–water partition coefficient (Wildman–Crippen LogP) is 4.76. The number of aliphatic hydroxyl groups is 2. The van der Waals surface area contributed by atoms with E-state index >= 15 is 0 Å². The first kappa shape index (κ1) is 39.0. The summed E-state index contributed by atoms with van der Waals surface area (Å²) < 4.78 is 36.7. The molecule has 0 amide bonds. The van der Waals surface area contributed by atoms with Crippen molar-refractivity contribution < 1.29 is 67.9 Å². The van der Waals surface area contributed by atoms with Crippen LogP contribution in [0.15, 0.2) is 24.3 Å². The van der Waals surface area contributed by atoms with Crippen molar-refractivity contribution in [2.45, 2.75) is 160 Å². The van der Waals surface area contributed by atoms with Crippen LogP contribution in [0, 0.1) is 23.7 Å². The number of carbonyl (C=O) groups excluding carboxylic acids is 2. The van der Waals surface area contributed by atoms with Gasteiger partial charge in [0.15, 0.2) is 18.0 Å². The summed E-state index contributed by atoms with van der Waals surface area (Å²) in [6, 6.07) is 6.15. The van der Waals surface area contributed by atoms with Crippen LogP contribution in [0.1, 0.15) is 115 Å². The minimum atomic E-state index is -2.38. The third-order valence-corrected chi connectivity index (χ3v) is 11.9. The van der Waals surface area contributed by atoms with Gasteiger partial charge in [0.2, 0.25) is 5.79 Å². The first-order valence-corrected chi connectivity index (χ1v) is 18.8. The molecule has 1 saturated carbocycles. The third-order valence-electron chi connectivity index (χ3n) is 11.9. The van der Waals surface area contributed by atoms with E-state index in [-0.39, 0.29) is 49.2 Å². The van der Waals surface area contributed by atoms with Gasteiger partial charge < -0.3 is 43.7 Å². The van der Waals surface area contributed by atoms with Crippen molar-refractivity contribution >= 4 is 17.9 Å². The number of ether oxygens (including phenoxy) is 6. The number of rotatable bonds is 13. The molecule has 0 aromatic heterocycles. The van der Waals surface area contributed by atoms with Crippen LogP contribution in [-0.2, 0) is 54.4 Å². The molecule has 1 aliphatic carbocycles. The second kappa shape index (κ2) is 15.6. The Balaban J connectivity index is 1.14. The Kier molecular flexibility index (Phi) is 11.7. The van der Waals surface area contributed by atoms with Crippen LogP contribution in [0.25, 0.3) is 0 Å². The topological polar surface area (TPSA) is 186 Å². The van der Waals surface area contributed by atoms with E-state index in [1.807, 2.05) is 6.92 Å². The Labute approximate surface area is 304 Å². The van der Waals surface area contributed by atoms with Crippen molar-refractivity contribution in [2.75, 3.05) is 0 Å². The number of unbranched alkanes of at least 4 members (excludes halogenated alkanes) is 1. The Bertz CT molecular complexity index is 1440. The van der Waals surface area contributed by atoms with Crippen LogP contribution in [0.3, 0.4) is 0 Å². The van der Waals surface area contributed by atoms with Crippen molar-refractivity contribution in [3.05, 3.63) is 35.4 Å². The van der Waals surface area contributed by atoms with E-state index in [4.69, 9.17) is 43.3 Å². The van der Waals surface area contributed by atoms with Gasteiger partial charge in [-0.2, -0.15) is 0 Å². The van der Waals surface area contributed by atoms with Gasteiger partial charge in [-0.15, -0.1) is 0 Å². The quantitative estimate of drug-likeness (QED) is 0.109. The zero-order chi connectivity index (χ0) is 37.4. The molecule has 0 unspecified atom stereocenters. The molecule has 52 heavy (non-hydrogen) atoms. The molecule has 3 N–H and O–H groups in total. The van der Waals surface area contributed by atoms with Gasteiger partial charge in [0.1, 0.15) is 6.10 Å². The summed E-state index contributed by atoms with van der Waals surface area (Å²) in [6.07, 6.45) is -0.322. The molecule has 14 nitrogen and oxygen atoms in total. The van der Waals surface area contributed by atoms with Crippen LogP contribution < -0.4 is 0 Å². The first-order valence-electron chi connectivity index (χ1n) is 18.8. The van der Waals surface area contributed by atoms with Gasteiger partial charge in [0, 0.05) is 25.2 Å². The van der Waals surface area contributed by atoms with Gasteiger partial charge in [-0.3, -0.25) is 9.59 Å². The maximum absolute atomic E-state index is 13.7. The maximum atomic E-state index is 13.7. The molecule has 7 rings (SSSR count). The lowest BCUT2D eigenvalue weighted by atomic mass is 9.57. The van der Waals surface area contributed by atoms with E-state index in [1.165, 1.54) is 12.1 Å². The molecule has 290 valence electrons. The van der Waals surface area contributed by atoms with Gasteiger partial charge in [-0.25, -0.2) is 14.6 Å². The van der Waals surface area contributed by atoms with E-state index in [0.717, 1.165) is 19.3 Å². The molecule has 1 spiro atoms. The molecule has 5 aliphatic heterocycles. The number of esters is 2. The van der Waals surface area contributed by atoms with E-state index in [0.29, 0.717) is 37.2 Å². The van der Waals surface area contributed by atoms with Gasteiger partial charge in [-0.05, 0) is 88.3 Å². The molecule has 1 aromatic rings. The second-order valence-corrected chi connectivity index (χ2v) is 15.7. The fraction of sp³-hybridized carbons (Fsp3) is 0.763. The second-order valence-electron chi connectivity index (χ2n) is 15.7. The molecule has 0 radical (unpaired) electrons. The molecular formula is C38H54O14. The number of aliphatic hydroxyl groups excluding tert-OH is 1. The molecule has 6 fully saturated rings. The smallest absolute Gasteiger partial charge is 0.338 e. The summed E-state index contributed by atoms with van der Waals surface area (Å²) in [5, 5.41) is 30.1. The monoisotopic (exact) mass is 734 g/mol. The van der Waals surface area contributed by atoms with Crippen LogP contribution in [0.5, 0.6) is 0 Å². The average molecular weight is 735 g/mol. The lowest BCUT2D eigenvalue weighted by molar-refractivity contribution is -0.571. The predicted molar refractivity (Wildman–Crippen MR) is 180 cm³/mol. The van der Waals surface area contributed by atoms with Gasteiger partial charge in [0.25, 0.3) is 0 Å². The Hall–Kier alpha value is -2.69. The molecular weight excluding hydrogens is 680 g/mol. The molecule has 13 atom stereocenters. The number of hydrogen-bond donors (Lipinski definition) is 3. The van der Waals surface area contributed by atoms with Crippen LogP contribution in [-0.4, -0.2) is 87.4 Å². The minimum Gasteiger partial charge on any atom is -0.481 e. The van der Waals surface area contributed by atoms with Crippen molar-refractivity contribution in [3.63, 3.8) is 0 Å². The number of benzene rings is 1. The van der Waals surface area contributed by atoms with E-state index in [2.05, 4.69) is 13.8 Å². The Morgan fingerprint density at radius 3 is 2.44 bits per heavy atom. The van der Waals surface area contributed by atoms with E-state index in [9.17, 15) is 24.6 Å². The lowest BCUT2D eigenvalue weighted by Gasteiger charge is -2.60. The number of aliphatic carboxylic acids is 1. The highest BCUT2D eigenvalue weighted by Crippen LogP contribution is 2.60. The maximum Gasteiger partial charge on any atom is 0.338 e. The van der Waals surface area contributed by atoms with Crippen molar-refractivity contribution in [1.29, 1.82) is 0 Å². The fourth-order valence-electron chi connectivity index (χ4n) is 8.93.